The molecule has 0 radical (unpaired) electrons. The molecule has 0 aromatic heterocycles. The number of likely N-dealkylation sites (tertiary alicyclic amines) is 1. The van der Waals surface area contributed by atoms with Crippen LogP contribution in [0.15, 0.2) is 78.9 Å². The van der Waals surface area contributed by atoms with E-state index in [1.165, 1.54) is 0 Å². The molecule has 3 aliphatic rings. The SMILES string of the molecule is COC[C@@H]1CCCN1C[C@@H]1C[C@H](c2ccc(CO)cc2)O[C@H](c2ccc(N3C(=O)CC(NC(=O)OCc4ccccc4)C3=O)cc2)O1. The molecule has 3 amide bonds. The van der Waals surface area contributed by atoms with Crippen molar-refractivity contribution in [3.05, 3.63) is 101 Å². The van der Waals surface area contributed by atoms with Gasteiger partial charge in [0.05, 0.1) is 37.5 Å². The number of rotatable bonds is 11. The number of hydrogen-bond donors (Lipinski definition) is 2. The molecule has 3 saturated heterocycles. The van der Waals surface area contributed by atoms with Crippen LogP contribution >= 0.6 is 0 Å². The van der Waals surface area contributed by atoms with E-state index in [2.05, 4.69) is 10.2 Å². The fraction of sp³-hybridized carbons (Fsp3) is 0.417. The molecule has 11 nitrogen and oxygen atoms in total. The second-order valence-electron chi connectivity index (χ2n) is 12.2. The van der Waals surface area contributed by atoms with Gasteiger partial charge in [0.2, 0.25) is 5.91 Å². The number of ether oxygens (including phenoxy) is 4. The van der Waals surface area contributed by atoms with Gasteiger partial charge in [-0.25, -0.2) is 9.69 Å². The average Bonchev–Trinajstić information content (AvgIpc) is 3.65. The van der Waals surface area contributed by atoms with Crippen molar-refractivity contribution in [1.29, 1.82) is 0 Å². The molecular formula is C36H41N3O8. The summed E-state index contributed by atoms with van der Waals surface area (Å²) >= 11 is 0. The van der Waals surface area contributed by atoms with Crippen molar-refractivity contribution in [3.63, 3.8) is 0 Å². The molecule has 3 aromatic rings. The Hall–Kier alpha value is -4.13. The lowest BCUT2D eigenvalue weighted by molar-refractivity contribution is -0.253. The molecule has 248 valence electrons. The van der Waals surface area contributed by atoms with Crippen LogP contribution in [-0.2, 0) is 41.8 Å². The highest BCUT2D eigenvalue weighted by molar-refractivity contribution is 6.22. The van der Waals surface area contributed by atoms with E-state index in [0.717, 1.165) is 53.1 Å². The number of nitrogens with one attached hydrogen (secondary N) is 1. The van der Waals surface area contributed by atoms with Crippen molar-refractivity contribution in [2.75, 3.05) is 31.7 Å². The van der Waals surface area contributed by atoms with E-state index in [9.17, 15) is 19.5 Å². The molecule has 11 heteroatoms. The number of amides is 3. The third-order valence-electron chi connectivity index (χ3n) is 8.99. The van der Waals surface area contributed by atoms with Crippen molar-refractivity contribution in [3.8, 4) is 0 Å². The highest BCUT2D eigenvalue weighted by atomic mass is 16.7. The van der Waals surface area contributed by atoms with Gasteiger partial charge in [0.15, 0.2) is 6.29 Å². The fourth-order valence-electron chi connectivity index (χ4n) is 6.51. The molecule has 0 spiro atoms. The van der Waals surface area contributed by atoms with Gasteiger partial charge in [-0.15, -0.1) is 0 Å². The molecule has 2 N–H and O–H groups in total. The summed E-state index contributed by atoms with van der Waals surface area (Å²) in [6.45, 7) is 2.44. The summed E-state index contributed by atoms with van der Waals surface area (Å²) in [5, 5.41) is 12.0. The first-order chi connectivity index (χ1) is 22.9. The molecule has 0 bridgehead atoms. The van der Waals surface area contributed by atoms with Gasteiger partial charge in [0, 0.05) is 31.7 Å². The zero-order valence-electron chi connectivity index (χ0n) is 26.5. The number of imide groups is 1. The predicted molar refractivity (Wildman–Crippen MR) is 172 cm³/mol. The molecule has 3 aliphatic heterocycles. The summed E-state index contributed by atoms with van der Waals surface area (Å²) in [6.07, 6.45) is 0.944. The zero-order valence-corrected chi connectivity index (χ0v) is 26.5. The van der Waals surface area contributed by atoms with Gasteiger partial charge in [-0.05, 0) is 48.2 Å². The van der Waals surface area contributed by atoms with Crippen LogP contribution in [0.2, 0.25) is 0 Å². The highest BCUT2D eigenvalue weighted by Gasteiger charge is 2.41. The number of carbonyl (C=O) groups is 3. The Labute approximate surface area is 274 Å². The Kier molecular flexibility index (Phi) is 10.6. The summed E-state index contributed by atoms with van der Waals surface area (Å²) in [5.41, 5.74) is 3.79. The van der Waals surface area contributed by atoms with Crippen LogP contribution in [0.25, 0.3) is 0 Å². The van der Waals surface area contributed by atoms with Crippen LogP contribution in [0.5, 0.6) is 0 Å². The van der Waals surface area contributed by atoms with Gasteiger partial charge in [-0.1, -0.05) is 66.7 Å². The Bertz CT molecular complexity index is 1520. The maximum absolute atomic E-state index is 13.2. The largest absolute Gasteiger partial charge is 0.445 e. The number of aliphatic hydroxyl groups excluding tert-OH is 1. The Morgan fingerprint density at radius 1 is 0.957 bits per heavy atom. The summed E-state index contributed by atoms with van der Waals surface area (Å²) in [7, 11) is 1.73. The molecule has 47 heavy (non-hydrogen) atoms. The lowest BCUT2D eigenvalue weighted by atomic mass is 9.99. The van der Waals surface area contributed by atoms with Crippen LogP contribution in [-0.4, -0.2) is 72.9 Å². The van der Waals surface area contributed by atoms with Crippen molar-refractivity contribution >= 4 is 23.6 Å². The third kappa shape index (κ3) is 7.89. The van der Waals surface area contributed by atoms with Crippen molar-refractivity contribution in [2.45, 2.75) is 69.5 Å². The average molecular weight is 644 g/mol. The number of carbonyl (C=O) groups excluding carboxylic acids is 3. The van der Waals surface area contributed by atoms with E-state index in [4.69, 9.17) is 18.9 Å². The number of benzene rings is 3. The topological polar surface area (TPSA) is 127 Å². The Balaban J connectivity index is 1.13. The highest BCUT2D eigenvalue weighted by Crippen LogP contribution is 2.39. The van der Waals surface area contributed by atoms with E-state index in [1.807, 2.05) is 54.6 Å². The molecule has 0 saturated carbocycles. The standard InChI is InChI=1S/C36H41N3O8/c1-44-23-29-8-5-17-38(29)20-30-18-32(26-11-9-24(21-40)10-12-26)47-35(46-30)27-13-15-28(16-14-27)39-33(41)19-31(34(39)42)37-36(43)45-22-25-6-3-2-4-7-25/h2-4,6-7,9-16,29-32,35,40H,5,8,17-23H2,1H3,(H,37,43)/t29-,30-,31?,32+,35+/m0/s1. The van der Waals surface area contributed by atoms with Gasteiger partial charge >= 0.3 is 6.09 Å². The summed E-state index contributed by atoms with van der Waals surface area (Å²) in [5.74, 6) is -0.934. The lowest BCUT2D eigenvalue weighted by Crippen LogP contribution is -2.42. The monoisotopic (exact) mass is 643 g/mol. The van der Waals surface area contributed by atoms with Crippen LogP contribution in [0.3, 0.4) is 0 Å². The number of nitrogens with zero attached hydrogens (tertiary/aromatic N) is 2. The predicted octanol–water partition coefficient (Wildman–Crippen LogP) is 4.39. The molecule has 3 aromatic carbocycles. The molecule has 0 aliphatic carbocycles. The summed E-state index contributed by atoms with van der Waals surface area (Å²) in [6, 6.07) is 23.3. The van der Waals surface area contributed by atoms with E-state index in [-0.39, 0.29) is 31.8 Å². The molecular weight excluding hydrogens is 602 g/mol. The van der Waals surface area contributed by atoms with Crippen LogP contribution in [0, 0.1) is 0 Å². The van der Waals surface area contributed by atoms with E-state index >= 15 is 0 Å². The second-order valence-corrected chi connectivity index (χ2v) is 12.2. The molecule has 6 rings (SSSR count). The minimum absolute atomic E-state index is 0.0282. The molecule has 3 fully saturated rings. The fourth-order valence-corrected chi connectivity index (χ4v) is 6.51. The maximum Gasteiger partial charge on any atom is 0.408 e. The minimum Gasteiger partial charge on any atom is -0.445 e. The van der Waals surface area contributed by atoms with Gasteiger partial charge in [0.25, 0.3) is 5.91 Å². The van der Waals surface area contributed by atoms with Crippen LogP contribution in [0.1, 0.15) is 60.3 Å². The first kappa shape index (κ1) is 32.8. The van der Waals surface area contributed by atoms with E-state index in [1.54, 1.807) is 31.4 Å². The normalized spacial score (nSPS) is 24.9. The third-order valence-corrected chi connectivity index (χ3v) is 8.99. The van der Waals surface area contributed by atoms with E-state index < -0.39 is 30.2 Å². The number of aliphatic hydroxyl groups is 1. The van der Waals surface area contributed by atoms with E-state index in [0.29, 0.717) is 24.8 Å². The second kappa shape index (κ2) is 15.2. The van der Waals surface area contributed by atoms with Gasteiger partial charge in [-0.2, -0.15) is 0 Å². The summed E-state index contributed by atoms with van der Waals surface area (Å²) < 4.78 is 23.7. The van der Waals surface area contributed by atoms with Crippen molar-refractivity contribution in [1.82, 2.24) is 10.2 Å². The smallest absolute Gasteiger partial charge is 0.408 e. The first-order valence-corrected chi connectivity index (χ1v) is 16.1. The van der Waals surface area contributed by atoms with Crippen molar-refractivity contribution < 1.29 is 38.4 Å². The van der Waals surface area contributed by atoms with Crippen molar-refractivity contribution in [2.24, 2.45) is 0 Å². The van der Waals surface area contributed by atoms with Gasteiger partial charge in [-0.3, -0.25) is 14.5 Å². The van der Waals surface area contributed by atoms with Crippen LogP contribution < -0.4 is 10.2 Å². The lowest BCUT2D eigenvalue weighted by Gasteiger charge is -2.38. The molecule has 5 atom stereocenters. The van der Waals surface area contributed by atoms with Gasteiger partial charge in [0.1, 0.15) is 12.6 Å². The number of methoxy groups -OCH3 is 1. The molecule has 1 unspecified atom stereocenters. The Morgan fingerprint density at radius 2 is 1.70 bits per heavy atom. The van der Waals surface area contributed by atoms with Crippen LogP contribution in [0.4, 0.5) is 10.5 Å². The summed E-state index contributed by atoms with van der Waals surface area (Å²) in [4.78, 5) is 42.0. The number of alkyl carbamates (subject to hydrolysis) is 1. The van der Waals surface area contributed by atoms with Gasteiger partial charge < -0.3 is 29.4 Å². The quantitative estimate of drug-likeness (QED) is 0.293. The molecule has 3 heterocycles. The first-order valence-electron chi connectivity index (χ1n) is 16.1. The number of anilines is 1. The zero-order chi connectivity index (χ0) is 32.8. The number of hydrogen-bond acceptors (Lipinski definition) is 9. The Morgan fingerprint density at radius 3 is 2.43 bits per heavy atom. The minimum atomic E-state index is -1.01. The maximum atomic E-state index is 13.2.